The number of ether oxygens (including phenoxy) is 1. The van der Waals surface area contributed by atoms with Crippen LogP contribution in [0.3, 0.4) is 0 Å². The average Bonchev–Trinajstić information content (AvgIpc) is 2.68. The van der Waals surface area contributed by atoms with Gasteiger partial charge in [0, 0.05) is 30.1 Å². The number of benzene rings is 2. The molecule has 0 atom stereocenters. The molecule has 0 spiro atoms. The Kier molecular flexibility index (Phi) is 6.03. The minimum absolute atomic E-state index is 0.121. The van der Waals surface area contributed by atoms with E-state index in [2.05, 4.69) is 25.9 Å². The topological polar surface area (TPSA) is 105 Å². The molecule has 3 N–H and O–H groups in total. The van der Waals surface area contributed by atoms with Gasteiger partial charge in [0.05, 0.1) is 12.7 Å². The molecule has 3 aromatic rings. The molecule has 2 aromatic carbocycles. The highest BCUT2D eigenvalue weighted by molar-refractivity contribution is 5.90. The van der Waals surface area contributed by atoms with E-state index >= 15 is 0 Å². The van der Waals surface area contributed by atoms with Crippen LogP contribution < -0.4 is 16.0 Å². The summed E-state index contributed by atoms with van der Waals surface area (Å²) in [6.07, 6.45) is 0. The van der Waals surface area contributed by atoms with E-state index in [0.717, 1.165) is 11.4 Å². The van der Waals surface area contributed by atoms with Gasteiger partial charge < -0.3 is 20.7 Å². The molecule has 0 saturated carbocycles. The summed E-state index contributed by atoms with van der Waals surface area (Å²) < 4.78 is 4.75. The van der Waals surface area contributed by atoms with Crippen molar-refractivity contribution in [3.8, 4) is 0 Å². The summed E-state index contributed by atoms with van der Waals surface area (Å²) in [5.41, 5.74) is 2.68. The number of esters is 1. The highest BCUT2D eigenvalue weighted by Crippen LogP contribution is 2.22. The van der Waals surface area contributed by atoms with Crippen molar-refractivity contribution >= 4 is 40.6 Å². The minimum atomic E-state index is -0.405. The maximum absolute atomic E-state index is 11.7. The molecule has 0 saturated heterocycles. The van der Waals surface area contributed by atoms with Gasteiger partial charge in [-0.05, 0) is 49.4 Å². The Bertz CT molecular complexity index is 1030. The van der Waals surface area contributed by atoms with Crippen LogP contribution in [0.15, 0.2) is 54.6 Å². The monoisotopic (exact) mass is 391 g/mol. The highest BCUT2D eigenvalue weighted by Gasteiger charge is 2.08. The molecule has 0 aliphatic heterocycles. The van der Waals surface area contributed by atoms with Crippen molar-refractivity contribution in [1.82, 2.24) is 9.97 Å². The van der Waals surface area contributed by atoms with E-state index in [1.165, 1.54) is 14.0 Å². The number of aryl methyl sites for hydroxylation is 1. The number of nitrogens with zero attached hydrogens (tertiary/aromatic N) is 2. The molecular weight excluding hydrogens is 370 g/mol. The third-order valence-corrected chi connectivity index (χ3v) is 3.87. The second-order valence-electron chi connectivity index (χ2n) is 6.27. The van der Waals surface area contributed by atoms with Gasteiger partial charge in [-0.2, -0.15) is 0 Å². The number of hydrogen-bond donors (Lipinski definition) is 3. The van der Waals surface area contributed by atoms with Crippen molar-refractivity contribution in [3.63, 3.8) is 0 Å². The van der Waals surface area contributed by atoms with Crippen molar-refractivity contribution in [1.29, 1.82) is 0 Å². The normalized spacial score (nSPS) is 10.2. The standard InChI is InChI=1S/C21H21N5O3/c1-13-22-19(25-17-9-7-16(8-10-17)24-14(2)27)12-20(23-13)26-18-6-4-5-15(11-18)21(28)29-3/h4-12H,1-3H3,(H,24,27)(H2,22,23,25,26). The van der Waals surface area contributed by atoms with Crippen molar-refractivity contribution in [2.24, 2.45) is 0 Å². The number of rotatable bonds is 6. The predicted octanol–water partition coefficient (Wildman–Crippen LogP) is 4.02. The van der Waals surface area contributed by atoms with Gasteiger partial charge in [0.1, 0.15) is 17.5 Å². The predicted molar refractivity (Wildman–Crippen MR) is 112 cm³/mol. The van der Waals surface area contributed by atoms with E-state index in [9.17, 15) is 9.59 Å². The first-order valence-electron chi connectivity index (χ1n) is 8.89. The largest absolute Gasteiger partial charge is 0.465 e. The summed E-state index contributed by atoms with van der Waals surface area (Å²) >= 11 is 0. The second-order valence-corrected chi connectivity index (χ2v) is 6.27. The molecule has 0 aliphatic rings. The SMILES string of the molecule is COC(=O)c1cccc(Nc2cc(Nc3ccc(NC(C)=O)cc3)nc(C)n2)c1. The lowest BCUT2D eigenvalue weighted by molar-refractivity contribution is -0.114. The summed E-state index contributed by atoms with van der Waals surface area (Å²) in [6, 6.07) is 16.0. The lowest BCUT2D eigenvalue weighted by Gasteiger charge is -2.11. The lowest BCUT2D eigenvalue weighted by atomic mass is 10.2. The number of amides is 1. The van der Waals surface area contributed by atoms with E-state index in [-0.39, 0.29) is 5.91 Å². The van der Waals surface area contributed by atoms with Gasteiger partial charge in [-0.1, -0.05) is 6.07 Å². The summed E-state index contributed by atoms with van der Waals surface area (Å²) in [5.74, 6) is 1.24. The third-order valence-electron chi connectivity index (χ3n) is 3.87. The van der Waals surface area contributed by atoms with Crippen molar-refractivity contribution in [3.05, 3.63) is 66.0 Å². The fourth-order valence-corrected chi connectivity index (χ4v) is 2.67. The number of nitrogens with one attached hydrogen (secondary N) is 3. The molecule has 148 valence electrons. The molecule has 0 fully saturated rings. The molecular formula is C21H21N5O3. The summed E-state index contributed by atoms with van der Waals surface area (Å²) in [7, 11) is 1.34. The van der Waals surface area contributed by atoms with Crippen LogP contribution in [-0.4, -0.2) is 29.0 Å². The molecule has 1 heterocycles. The van der Waals surface area contributed by atoms with Gasteiger partial charge >= 0.3 is 5.97 Å². The maximum Gasteiger partial charge on any atom is 0.337 e. The highest BCUT2D eigenvalue weighted by atomic mass is 16.5. The number of anilines is 5. The van der Waals surface area contributed by atoms with Gasteiger partial charge in [-0.25, -0.2) is 14.8 Å². The van der Waals surface area contributed by atoms with Crippen LogP contribution in [0.4, 0.5) is 28.7 Å². The number of aromatic nitrogens is 2. The average molecular weight is 391 g/mol. The molecule has 8 nitrogen and oxygen atoms in total. The molecule has 1 aromatic heterocycles. The van der Waals surface area contributed by atoms with Crippen molar-refractivity contribution < 1.29 is 14.3 Å². The van der Waals surface area contributed by atoms with E-state index in [1.54, 1.807) is 43.3 Å². The first-order chi connectivity index (χ1) is 13.9. The Morgan fingerprint density at radius 3 is 2.10 bits per heavy atom. The van der Waals surface area contributed by atoms with Gasteiger partial charge in [0.25, 0.3) is 0 Å². The Hall–Kier alpha value is -3.94. The smallest absolute Gasteiger partial charge is 0.337 e. The quantitative estimate of drug-likeness (QED) is 0.545. The first kappa shape index (κ1) is 19.8. The van der Waals surface area contributed by atoms with Gasteiger partial charge in [0.2, 0.25) is 5.91 Å². The molecule has 0 radical (unpaired) electrons. The van der Waals surface area contributed by atoms with E-state index in [4.69, 9.17) is 4.74 Å². The lowest BCUT2D eigenvalue weighted by Crippen LogP contribution is -2.05. The van der Waals surface area contributed by atoms with Crippen LogP contribution in [-0.2, 0) is 9.53 Å². The fraction of sp³-hybridized carbons (Fsp3) is 0.143. The Morgan fingerprint density at radius 2 is 1.48 bits per heavy atom. The van der Waals surface area contributed by atoms with Crippen molar-refractivity contribution in [2.45, 2.75) is 13.8 Å². The van der Waals surface area contributed by atoms with Crippen LogP contribution >= 0.6 is 0 Å². The zero-order valence-electron chi connectivity index (χ0n) is 16.3. The van der Waals surface area contributed by atoms with Crippen molar-refractivity contribution in [2.75, 3.05) is 23.1 Å². The summed E-state index contributed by atoms with van der Waals surface area (Å²) in [5, 5.41) is 9.11. The van der Waals surface area contributed by atoms with Gasteiger partial charge in [-0.3, -0.25) is 4.79 Å². The molecule has 0 unspecified atom stereocenters. The molecule has 0 aliphatic carbocycles. The van der Waals surface area contributed by atoms with Gasteiger partial charge in [-0.15, -0.1) is 0 Å². The molecule has 1 amide bonds. The minimum Gasteiger partial charge on any atom is -0.465 e. The van der Waals surface area contributed by atoms with Gasteiger partial charge in [0.15, 0.2) is 0 Å². The maximum atomic E-state index is 11.7. The molecule has 8 heteroatoms. The Labute approximate surface area is 168 Å². The summed E-state index contributed by atoms with van der Waals surface area (Å²) in [4.78, 5) is 31.6. The van der Waals surface area contributed by atoms with E-state index < -0.39 is 5.97 Å². The number of carbonyl (C=O) groups excluding carboxylic acids is 2. The van der Waals surface area contributed by atoms with Crippen LogP contribution in [0.1, 0.15) is 23.1 Å². The number of hydrogen-bond acceptors (Lipinski definition) is 7. The first-order valence-corrected chi connectivity index (χ1v) is 8.89. The zero-order chi connectivity index (χ0) is 20.8. The van der Waals surface area contributed by atoms with Crippen LogP contribution in [0.5, 0.6) is 0 Å². The molecule has 29 heavy (non-hydrogen) atoms. The Morgan fingerprint density at radius 1 is 0.862 bits per heavy atom. The number of carbonyl (C=O) groups is 2. The van der Waals surface area contributed by atoms with Crippen LogP contribution in [0, 0.1) is 6.92 Å². The number of methoxy groups -OCH3 is 1. The molecule has 3 rings (SSSR count). The molecule has 0 bridgehead atoms. The van der Waals surface area contributed by atoms with E-state index in [0.29, 0.717) is 28.7 Å². The third kappa shape index (κ3) is 5.52. The second kappa shape index (κ2) is 8.83. The Balaban J connectivity index is 1.76. The zero-order valence-corrected chi connectivity index (χ0v) is 16.3. The van der Waals surface area contributed by atoms with Crippen LogP contribution in [0.2, 0.25) is 0 Å². The van der Waals surface area contributed by atoms with Crippen LogP contribution in [0.25, 0.3) is 0 Å². The summed E-state index contributed by atoms with van der Waals surface area (Å²) in [6.45, 7) is 3.26. The van der Waals surface area contributed by atoms with E-state index in [1.807, 2.05) is 18.2 Å². The fourth-order valence-electron chi connectivity index (χ4n) is 2.67.